The number of aromatic nitrogens is 2. The largest absolute Gasteiger partial charge is 0.333 e. The van der Waals surface area contributed by atoms with Crippen LogP contribution in [0.2, 0.25) is 0 Å². The molecule has 0 unspecified atom stereocenters. The highest BCUT2D eigenvalue weighted by Gasteiger charge is 2.30. The smallest absolute Gasteiger partial charge is 0.320 e. The lowest BCUT2D eigenvalue weighted by molar-refractivity contribution is -0.113. The highest BCUT2D eigenvalue weighted by Crippen LogP contribution is 2.40. The molecular formula is C17H22N6O2. The van der Waals surface area contributed by atoms with Gasteiger partial charge in [0.2, 0.25) is 0 Å². The summed E-state index contributed by atoms with van der Waals surface area (Å²) in [6.07, 6.45) is 2.13. The van der Waals surface area contributed by atoms with Crippen molar-refractivity contribution in [2.75, 3.05) is 5.32 Å². The second-order valence-corrected chi connectivity index (χ2v) is 7.36. The molecule has 0 radical (unpaired) electrons. The lowest BCUT2D eigenvalue weighted by atomic mass is 10.1. The number of rotatable bonds is 2. The highest BCUT2D eigenvalue weighted by molar-refractivity contribution is 6.27. The van der Waals surface area contributed by atoms with E-state index in [0.717, 1.165) is 18.5 Å². The van der Waals surface area contributed by atoms with Crippen LogP contribution in [-0.4, -0.2) is 38.9 Å². The molecule has 2 N–H and O–H groups in total. The van der Waals surface area contributed by atoms with Crippen molar-refractivity contribution < 1.29 is 9.59 Å². The predicted octanol–water partition coefficient (Wildman–Crippen LogP) is 2.44. The van der Waals surface area contributed by atoms with Crippen LogP contribution in [0, 0.1) is 0 Å². The Balaban J connectivity index is 1.93. The molecule has 1 aromatic rings. The number of aliphatic imine (C=N–C) groups is 2. The maximum atomic E-state index is 12.2. The third-order valence-electron chi connectivity index (χ3n) is 3.81. The Morgan fingerprint density at radius 1 is 1.32 bits per heavy atom. The monoisotopic (exact) mass is 342 g/mol. The summed E-state index contributed by atoms with van der Waals surface area (Å²) in [6.45, 7) is 11.0. The SMILES string of the molecule is C=C1C(=O)N=C(n2nc(C3CC3)cc2NC(=O)NC(C)(C)C)N=C1C. The minimum absolute atomic E-state index is 0.132. The van der Waals surface area contributed by atoms with Crippen LogP contribution in [0.4, 0.5) is 10.6 Å². The van der Waals surface area contributed by atoms with Gasteiger partial charge in [-0.3, -0.25) is 10.1 Å². The molecule has 1 aliphatic heterocycles. The van der Waals surface area contributed by atoms with Gasteiger partial charge in [-0.2, -0.15) is 14.8 Å². The summed E-state index contributed by atoms with van der Waals surface area (Å²) >= 11 is 0. The lowest BCUT2D eigenvalue weighted by Gasteiger charge is -2.21. The van der Waals surface area contributed by atoms with Gasteiger partial charge in [0.1, 0.15) is 5.82 Å². The van der Waals surface area contributed by atoms with Gasteiger partial charge in [0.15, 0.2) is 0 Å². The Hall–Kier alpha value is -2.77. The quantitative estimate of drug-likeness (QED) is 0.807. The third kappa shape index (κ3) is 3.84. The zero-order chi connectivity index (χ0) is 18.4. The van der Waals surface area contributed by atoms with E-state index in [1.54, 1.807) is 13.0 Å². The first kappa shape index (κ1) is 17.1. The molecule has 132 valence electrons. The van der Waals surface area contributed by atoms with Gasteiger partial charge >= 0.3 is 6.03 Å². The number of carbonyl (C=O) groups is 2. The van der Waals surface area contributed by atoms with Gasteiger partial charge in [-0.1, -0.05) is 6.58 Å². The first-order valence-corrected chi connectivity index (χ1v) is 8.21. The third-order valence-corrected chi connectivity index (χ3v) is 3.81. The van der Waals surface area contributed by atoms with Crippen molar-refractivity contribution in [2.45, 2.75) is 52.0 Å². The summed E-state index contributed by atoms with van der Waals surface area (Å²) in [4.78, 5) is 32.4. The summed E-state index contributed by atoms with van der Waals surface area (Å²) in [7, 11) is 0. The van der Waals surface area contributed by atoms with E-state index in [2.05, 4.69) is 32.3 Å². The fraction of sp³-hybridized carbons (Fsp3) is 0.471. The molecule has 0 atom stereocenters. The van der Waals surface area contributed by atoms with Crippen LogP contribution in [0.1, 0.15) is 52.1 Å². The lowest BCUT2D eigenvalue weighted by Crippen LogP contribution is -2.43. The predicted molar refractivity (Wildman–Crippen MR) is 96.2 cm³/mol. The fourth-order valence-electron chi connectivity index (χ4n) is 2.36. The Morgan fingerprint density at radius 2 is 2.00 bits per heavy atom. The van der Waals surface area contributed by atoms with Crippen molar-refractivity contribution in [2.24, 2.45) is 9.98 Å². The van der Waals surface area contributed by atoms with E-state index in [4.69, 9.17) is 0 Å². The Bertz CT molecular complexity index is 821. The molecule has 0 spiro atoms. The molecule has 1 aromatic heterocycles. The molecule has 0 saturated heterocycles. The topological polar surface area (TPSA) is 101 Å². The van der Waals surface area contributed by atoms with E-state index >= 15 is 0 Å². The van der Waals surface area contributed by atoms with Crippen LogP contribution in [0.5, 0.6) is 0 Å². The Labute approximate surface area is 146 Å². The average molecular weight is 342 g/mol. The maximum Gasteiger partial charge on any atom is 0.320 e. The number of amides is 3. The summed E-state index contributed by atoms with van der Waals surface area (Å²) in [6, 6.07) is 1.45. The first-order chi connectivity index (χ1) is 11.6. The normalized spacial score (nSPS) is 17.9. The summed E-state index contributed by atoms with van der Waals surface area (Å²) in [5.41, 5.74) is 1.24. The van der Waals surface area contributed by atoms with E-state index < -0.39 is 5.91 Å². The molecular weight excluding hydrogens is 320 g/mol. The average Bonchev–Trinajstić information content (AvgIpc) is 3.24. The van der Waals surface area contributed by atoms with Gasteiger partial charge in [0, 0.05) is 17.5 Å². The number of hydrogen-bond donors (Lipinski definition) is 2. The van der Waals surface area contributed by atoms with E-state index in [0.29, 0.717) is 17.4 Å². The van der Waals surface area contributed by atoms with E-state index in [1.165, 1.54) is 4.68 Å². The molecule has 8 nitrogen and oxygen atoms in total. The van der Waals surface area contributed by atoms with E-state index in [1.807, 2.05) is 20.8 Å². The van der Waals surface area contributed by atoms with Crippen LogP contribution in [0.15, 0.2) is 28.2 Å². The fourth-order valence-corrected chi connectivity index (χ4v) is 2.36. The number of nitrogens with one attached hydrogen (secondary N) is 2. The van der Waals surface area contributed by atoms with Gasteiger partial charge < -0.3 is 5.32 Å². The molecule has 3 amide bonds. The molecule has 0 aromatic carbocycles. The minimum atomic E-state index is -0.448. The van der Waals surface area contributed by atoms with Crippen molar-refractivity contribution in [1.82, 2.24) is 15.1 Å². The minimum Gasteiger partial charge on any atom is -0.333 e. The zero-order valence-corrected chi connectivity index (χ0v) is 14.9. The van der Waals surface area contributed by atoms with Crippen LogP contribution < -0.4 is 10.6 Å². The van der Waals surface area contributed by atoms with Gasteiger partial charge in [0.05, 0.1) is 17.0 Å². The number of carbonyl (C=O) groups excluding carboxylic acids is 2. The molecule has 1 aliphatic carbocycles. The van der Waals surface area contributed by atoms with Crippen molar-refractivity contribution in [3.63, 3.8) is 0 Å². The number of hydrogen-bond acceptors (Lipinski definition) is 4. The van der Waals surface area contributed by atoms with Crippen molar-refractivity contribution >= 4 is 29.4 Å². The molecule has 1 saturated carbocycles. The highest BCUT2D eigenvalue weighted by atomic mass is 16.2. The molecule has 3 rings (SSSR count). The molecule has 25 heavy (non-hydrogen) atoms. The summed E-state index contributed by atoms with van der Waals surface area (Å²) in [5, 5.41) is 10.1. The van der Waals surface area contributed by atoms with Gasteiger partial charge in [-0.15, -0.1) is 0 Å². The molecule has 1 fully saturated rings. The number of urea groups is 1. The maximum absolute atomic E-state index is 12.2. The van der Waals surface area contributed by atoms with Gasteiger partial charge in [-0.05, 0) is 40.5 Å². The van der Waals surface area contributed by atoms with Crippen molar-refractivity contribution in [3.05, 3.63) is 23.9 Å². The molecule has 0 bridgehead atoms. The van der Waals surface area contributed by atoms with Gasteiger partial charge in [0.25, 0.3) is 11.9 Å². The Morgan fingerprint density at radius 3 is 2.56 bits per heavy atom. The van der Waals surface area contributed by atoms with Crippen LogP contribution in [0.25, 0.3) is 0 Å². The van der Waals surface area contributed by atoms with Crippen LogP contribution >= 0.6 is 0 Å². The Kier molecular flexibility index (Phi) is 4.06. The van der Waals surface area contributed by atoms with E-state index in [9.17, 15) is 9.59 Å². The van der Waals surface area contributed by atoms with Gasteiger partial charge in [-0.25, -0.2) is 9.79 Å². The summed E-state index contributed by atoms with van der Waals surface area (Å²) < 4.78 is 1.41. The molecule has 2 heterocycles. The number of anilines is 1. The molecule has 2 aliphatic rings. The van der Waals surface area contributed by atoms with E-state index in [-0.39, 0.29) is 23.1 Å². The first-order valence-electron chi connectivity index (χ1n) is 8.21. The zero-order valence-electron chi connectivity index (χ0n) is 14.9. The second-order valence-electron chi connectivity index (χ2n) is 7.36. The standard InChI is InChI=1S/C17H22N6O2/c1-9-10(2)18-15(20-14(9)24)23-13(8-12(22-23)11-6-7-11)19-16(25)21-17(3,4)5/h8,11H,1,6-7H2,2-5H3,(H2,19,21,25). The molecule has 8 heteroatoms. The summed E-state index contributed by atoms with van der Waals surface area (Å²) in [5.74, 6) is 0.496. The second kappa shape index (κ2) is 5.94. The van der Waals surface area contributed by atoms with Crippen LogP contribution in [0.3, 0.4) is 0 Å². The van der Waals surface area contributed by atoms with Crippen molar-refractivity contribution in [1.29, 1.82) is 0 Å². The van der Waals surface area contributed by atoms with Crippen LogP contribution in [-0.2, 0) is 4.79 Å². The number of nitrogens with zero attached hydrogens (tertiary/aromatic N) is 4. The van der Waals surface area contributed by atoms with Crippen molar-refractivity contribution in [3.8, 4) is 0 Å².